The zero-order chi connectivity index (χ0) is 24.2. The number of carbonyl (C=O) groups excluding carboxylic acids is 1. The third-order valence-electron chi connectivity index (χ3n) is 6.35. The number of hydrogen-bond donors (Lipinski definition) is 1. The fourth-order valence-electron chi connectivity index (χ4n) is 4.60. The molecule has 0 spiro atoms. The molecule has 1 fully saturated rings. The number of benzene rings is 2. The molecule has 178 valence electrons. The molecule has 0 saturated carbocycles. The first-order valence-corrected chi connectivity index (χ1v) is 11.2. The summed E-state index contributed by atoms with van der Waals surface area (Å²) in [6.45, 7) is 3.67. The third kappa shape index (κ3) is 4.76. The summed E-state index contributed by atoms with van der Waals surface area (Å²) < 4.78 is 6.49. The van der Waals surface area contributed by atoms with E-state index < -0.39 is 16.5 Å². The number of likely N-dealkylation sites (tertiary alicyclic amines) is 1. The predicted octanol–water partition coefficient (Wildman–Crippen LogP) is 2.27. The number of aromatic amines is 1. The van der Waals surface area contributed by atoms with E-state index >= 15 is 0 Å². The molecule has 0 amide bonds. The van der Waals surface area contributed by atoms with Gasteiger partial charge in [-0.05, 0) is 43.5 Å². The smallest absolute Gasteiger partial charge is 0.328 e. The van der Waals surface area contributed by atoms with Crippen LogP contribution < -0.4 is 11.2 Å². The number of piperidine rings is 1. The minimum atomic E-state index is -0.466. The highest BCUT2D eigenvalue weighted by molar-refractivity contribution is 5.77. The van der Waals surface area contributed by atoms with E-state index in [1.54, 1.807) is 43.3 Å². The first-order valence-electron chi connectivity index (χ1n) is 11.2. The van der Waals surface area contributed by atoms with Crippen molar-refractivity contribution in [2.75, 3.05) is 26.2 Å². The Kier molecular flexibility index (Phi) is 6.87. The van der Waals surface area contributed by atoms with E-state index in [1.807, 2.05) is 4.90 Å². The molecule has 34 heavy (non-hydrogen) atoms. The van der Waals surface area contributed by atoms with Gasteiger partial charge in [-0.25, -0.2) is 4.79 Å². The molecule has 1 N–H and O–H groups in total. The Hall–Kier alpha value is -3.79. The first kappa shape index (κ1) is 23.4. The fraction of sp³-hybridized carbons (Fsp3) is 0.375. The Labute approximate surface area is 194 Å². The van der Waals surface area contributed by atoms with Gasteiger partial charge in [-0.15, -0.1) is 0 Å². The van der Waals surface area contributed by atoms with Crippen LogP contribution in [0.25, 0.3) is 10.9 Å². The van der Waals surface area contributed by atoms with Crippen LogP contribution in [0.4, 0.5) is 5.69 Å². The van der Waals surface area contributed by atoms with Gasteiger partial charge in [-0.2, -0.15) is 0 Å². The second-order valence-electron chi connectivity index (χ2n) is 8.34. The van der Waals surface area contributed by atoms with E-state index in [1.165, 1.54) is 16.7 Å². The van der Waals surface area contributed by atoms with Crippen LogP contribution >= 0.6 is 0 Å². The van der Waals surface area contributed by atoms with Crippen molar-refractivity contribution in [3.05, 3.63) is 85.0 Å². The van der Waals surface area contributed by atoms with E-state index in [-0.39, 0.29) is 36.3 Å². The minimum Gasteiger partial charge on any atom is -0.466 e. The minimum absolute atomic E-state index is 0.0000745. The maximum Gasteiger partial charge on any atom is 0.328 e. The van der Waals surface area contributed by atoms with E-state index in [2.05, 4.69) is 4.98 Å². The zero-order valence-electron chi connectivity index (χ0n) is 18.8. The molecule has 3 aromatic rings. The third-order valence-corrected chi connectivity index (χ3v) is 6.35. The van der Waals surface area contributed by atoms with Crippen molar-refractivity contribution in [1.82, 2.24) is 14.5 Å². The van der Waals surface area contributed by atoms with Crippen LogP contribution in [0.15, 0.2) is 58.1 Å². The van der Waals surface area contributed by atoms with Gasteiger partial charge in [-0.3, -0.25) is 24.3 Å². The first-order chi connectivity index (χ1) is 16.4. The van der Waals surface area contributed by atoms with Crippen molar-refractivity contribution in [1.29, 1.82) is 0 Å². The molecule has 0 aliphatic carbocycles. The van der Waals surface area contributed by atoms with Crippen molar-refractivity contribution in [3.8, 4) is 0 Å². The number of para-hydroxylation sites is 1. The largest absolute Gasteiger partial charge is 0.466 e. The number of non-ortho nitro benzene ring substituents is 1. The average Bonchev–Trinajstić information content (AvgIpc) is 2.84. The lowest BCUT2D eigenvalue weighted by molar-refractivity contribution is -0.384. The van der Waals surface area contributed by atoms with Crippen molar-refractivity contribution < 1.29 is 14.5 Å². The van der Waals surface area contributed by atoms with Crippen molar-refractivity contribution >= 4 is 22.6 Å². The van der Waals surface area contributed by atoms with Crippen molar-refractivity contribution in [3.63, 3.8) is 0 Å². The van der Waals surface area contributed by atoms with Gasteiger partial charge in [0.1, 0.15) is 0 Å². The summed E-state index contributed by atoms with van der Waals surface area (Å²) in [4.78, 5) is 53.3. The zero-order valence-corrected chi connectivity index (χ0v) is 18.8. The predicted molar refractivity (Wildman–Crippen MR) is 126 cm³/mol. The lowest BCUT2D eigenvalue weighted by Gasteiger charge is -2.37. The van der Waals surface area contributed by atoms with E-state index in [0.29, 0.717) is 37.0 Å². The summed E-state index contributed by atoms with van der Waals surface area (Å²) in [5, 5.41) is 11.4. The molecule has 10 heteroatoms. The molecule has 1 aliphatic heterocycles. The molecule has 2 aromatic carbocycles. The average molecular weight is 466 g/mol. The lowest BCUT2D eigenvalue weighted by atomic mass is 9.80. The molecule has 4 rings (SSSR count). The van der Waals surface area contributed by atoms with Gasteiger partial charge < -0.3 is 14.6 Å². The normalized spacial score (nSPS) is 18.6. The van der Waals surface area contributed by atoms with Gasteiger partial charge in [-0.1, -0.05) is 24.3 Å². The monoisotopic (exact) mass is 466 g/mol. The number of aromatic nitrogens is 2. The highest BCUT2D eigenvalue weighted by atomic mass is 16.6. The molecule has 0 bridgehead atoms. The SMILES string of the molecule is CCOC(=O)[C@@H]1CN(CCn2c(=O)[nH]c3ccccc3c2=O)CC[C@@H]1c1ccc([N+](=O)[O-])cc1. The van der Waals surface area contributed by atoms with Crippen molar-refractivity contribution in [2.45, 2.75) is 25.8 Å². The highest BCUT2D eigenvalue weighted by Crippen LogP contribution is 2.34. The number of esters is 1. The van der Waals surface area contributed by atoms with Gasteiger partial charge in [0.2, 0.25) is 0 Å². The Balaban J connectivity index is 1.51. The molecule has 1 saturated heterocycles. The van der Waals surface area contributed by atoms with Crippen LogP contribution in [-0.2, 0) is 16.1 Å². The van der Waals surface area contributed by atoms with Gasteiger partial charge in [0.25, 0.3) is 11.2 Å². The standard InChI is InChI=1S/C24H26N4O6/c1-2-34-23(30)20-15-26(12-11-18(20)16-7-9-17(10-8-16)28(32)33)13-14-27-22(29)19-5-3-4-6-21(19)25-24(27)31/h3-10,18,20H,2,11-15H2,1H3,(H,25,31)/t18-,20-/m1/s1. The van der Waals surface area contributed by atoms with E-state index in [0.717, 1.165) is 5.56 Å². The molecule has 10 nitrogen and oxygen atoms in total. The van der Waals surface area contributed by atoms with Crippen LogP contribution in [0.2, 0.25) is 0 Å². The molecule has 2 heterocycles. The maximum atomic E-state index is 12.8. The molecular weight excluding hydrogens is 440 g/mol. The Morgan fingerprint density at radius 1 is 1.15 bits per heavy atom. The summed E-state index contributed by atoms with van der Waals surface area (Å²) in [5.74, 6) is -0.916. The Bertz CT molecular complexity index is 1310. The molecule has 1 aliphatic rings. The number of H-pyrrole nitrogens is 1. The summed E-state index contributed by atoms with van der Waals surface area (Å²) in [7, 11) is 0. The van der Waals surface area contributed by atoms with E-state index in [4.69, 9.17) is 4.74 Å². The molecule has 0 unspecified atom stereocenters. The quantitative estimate of drug-likeness (QED) is 0.321. The van der Waals surface area contributed by atoms with Gasteiger partial charge >= 0.3 is 11.7 Å². The summed E-state index contributed by atoms with van der Waals surface area (Å²) in [6, 6.07) is 13.2. The molecule has 1 aromatic heterocycles. The Morgan fingerprint density at radius 3 is 2.59 bits per heavy atom. The number of nitro benzene ring substituents is 1. The van der Waals surface area contributed by atoms with Crippen molar-refractivity contribution in [2.24, 2.45) is 5.92 Å². The van der Waals surface area contributed by atoms with Gasteiger partial charge in [0, 0.05) is 31.8 Å². The topological polar surface area (TPSA) is 128 Å². The van der Waals surface area contributed by atoms with Crippen LogP contribution in [0.3, 0.4) is 0 Å². The number of ether oxygens (including phenoxy) is 1. The van der Waals surface area contributed by atoms with Crippen LogP contribution in [0, 0.1) is 16.0 Å². The highest BCUT2D eigenvalue weighted by Gasteiger charge is 2.36. The van der Waals surface area contributed by atoms with E-state index in [9.17, 15) is 24.5 Å². The number of rotatable bonds is 7. The number of nitrogens with one attached hydrogen (secondary N) is 1. The number of hydrogen-bond acceptors (Lipinski definition) is 7. The lowest BCUT2D eigenvalue weighted by Crippen LogP contribution is -2.46. The summed E-state index contributed by atoms with van der Waals surface area (Å²) in [5.41, 5.74) is 0.541. The summed E-state index contributed by atoms with van der Waals surface area (Å²) in [6.07, 6.45) is 0.643. The second kappa shape index (κ2) is 10.0. The molecule has 0 radical (unpaired) electrons. The van der Waals surface area contributed by atoms with Crippen LogP contribution in [-0.4, -0.2) is 51.6 Å². The van der Waals surface area contributed by atoms with Crippen LogP contribution in [0.5, 0.6) is 0 Å². The van der Waals surface area contributed by atoms with Gasteiger partial charge in [0.15, 0.2) is 0 Å². The number of fused-ring (bicyclic) bond motifs is 1. The summed E-state index contributed by atoms with van der Waals surface area (Å²) >= 11 is 0. The maximum absolute atomic E-state index is 12.8. The fourth-order valence-corrected chi connectivity index (χ4v) is 4.60. The number of carbonyl (C=O) groups is 1. The van der Waals surface area contributed by atoms with Gasteiger partial charge in [0.05, 0.1) is 28.4 Å². The number of nitro groups is 1. The second-order valence-corrected chi connectivity index (χ2v) is 8.34. The molecular formula is C24H26N4O6. The Morgan fingerprint density at radius 2 is 1.88 bits per heavy atom. The van der Waals surface area contributed by atoms with Crippen LogP contribution in [0.1, 0.15) is 24.8 Å². The molecule has 2 atom stereocenters. The number of nitrogens with zero attached hydrogens (tertiary/aromatic N) is 3.